The summed E-state index contributed by atoms with van der Waals surface area (Å²) in [5, 5.41) is 31.5. The average Bonchev–Trinajstić information content (AvgIpc) is 3.39. The molecule has 75 heavy (non-hydrogen) atoms. The van der Waals surface area contributed by atoms with Gasteiger partial charge in [-0.2, -0.15) is 0 Å². The lowest BCUT2D eigenvalue weighted by Gasteiger charge is -2.40. The number of esters is 3. The Morgan fingerprint density at radius 1 is 0.453 bits per heavy atom. The Kier molecular flexibility index (Phi) is 46.6. The number of carbonyl (C=O) groups excluding carboxylic acids is 3. The Labute approximate surface area is 454 Å². The fourth-order valence-corrected chi connectivity index (χ4v) is 8.49. The molecule has 1 aliphatic heterocycles. The largest absolute Gasteiger partial charge is 0.479 e. The first-order chi connectivity index (χ1) is 36.6. The van der Waals surface area contributed by atoms with Crippen LogP contribution in [0.5, 0.6) is 0 Å². The quantitative estimate of drug-likeness (QED) is 0.0228. The number of aliphatic hydroxyl groups excluding tert-OH is 2. The average molecular weight is 1050 g/mol. The van der Waals surface area contributed by atoms with Crippen LogP contribution in [0, 0.1) is 0 Å². The molecule has 1 saturated heterocycles. The summed E-state index contributed by atoms with van der Waals surface area (Å²) in [7, 11) is 0. The molecule has 0 aromatic heterocycles. The predicted octanol–water partition coefficient (Wildman–Crippen LogP) is 15.1. The fourth-order valence-electron chi connectivity index (χ4n) is 8.49. The van der Waals surface area contributed by atoms with Crippen LogP contribution in [-0.2, 0) is 42.9 Å². The van der Waals surface area contributed by atoms with Gasteiger partial charge in [-0.1, -0.05) is 215 Å². The van der Waals surface area contributed by atoms with Crippen molar-refractivity contribution >= 4 is 23.9 Å². The van der Waals surface area contributed by atoms with Gasteiger partial charge in [0.15, 0.2) is 24.6 Å². The topological polar surface area (TPSA) is 175 Å². The molecule has 1 fully saturated rings. The number of carbonyl (C=O) groups is 4. The third-order valence-electron chi connectivity index (χ3n) is 13.0. The zero-order valence-electron chi connectivity index (χ0n) is 47.0. The van der Waals surface area contributed by atoms with Gasteiger partial charge in [0.25, 0.3) is 0 Å². The smallest absolute Gasteiger partial charge is 0.335 e. The van der Waals surface area contributed by atoms with Crippen LogP contribution < -0.4 is 0 Å². The van der Waals surface area contributed by atoms with Crippen LogP contribution in [-0.4, -0.2) is 89.2 Å². The number of unbranched alkanes of at least 4 members (excludes halogenated alkanes) is 21. The highest BCUT2D eigenvalue weighted by Gasteiger charge is 2.50. The molecule has 1 heterocycles. The summed E-state index contributed by atoms with van der Waals surface area (Å²) in [6, 6.07) is 0. The van der Waals surface area contributed by atoms with Gasteiger partial charge in [-0.3, -0.25) is 14.4 Å². The molecule has 1 aliphatic rings. The highest BCUT2D eigenvalue weighted by molar-refractivity contribution is 5.74. The zero-order valence-corrected chi connectivity index (χ0v) is 47.0. The molecular weight excluding hydrogens is 949 g/mol. The van der Waals surface area contributed by atoms with Gasteiger partial charge in [0.1, 0.15) is 18.8 Å². The van der Waals surface area contributed by atoms with E-state index in [0.717, 1.165) is 103 Å². The Balaban J connectivity index is 2.72. The van der Waals surface area contributed by atoms with Gasteiger partial charge in [0.05, 0.1) is 6.61 Å². The Hall–Kier alpha value is -4.10. The number of aliphatic hydroxyl groups is 2. The second-order valence-electron chi connectivity index (χ2n) is 19.9. The molecule has 3 N–H and O–H groups in total. The van der Waals surface area contributed by atoms with E-state index >= 15 is 0 Å². The van der Waals surface area contributed by atoms with Crippen LogP contribution in [0.1, 0.15) is 239 Å². The summed E-state index contributed by atoms with van der Waals surface area (Å²) in [5.41, 5.74) is 0. The van der Waals surface area contributed by atoms with Crippen molar-refractivity contribution in [3.05, 3.63) is 85.1 Å². The van der Waals surface area contributed by atoms with Crippen LogP contribution in [0.3, 0.4) is 0 Å². The predicted molar refractivity (Wildman–Crippen MR) is 303 cm³/mol. The van der Waals surface area contributed by atoms with E-state index in [1.165, 1.54) is 77.0 Å². The molecule has 0 aromatic rings. The molecule has 6 unspecified atom stereocenters. The first-order valence-corrected chi connectivity index (χ1v) is 29.6. The molecule has 0 amide bonds. The number of carboxylic acid groups (broad SMARTS) is 1. The van der Waals surface area contributed by atoms with Gasteiger partial charge in [-0.05, 0) is 89.9 Å². The fraction of sp³-hybridized carbons (Fsp3) is 0.714. The molecular formula is C63H104O12. The molecule has 0 aromatic carbocycles. The monoisotopic (exact) mass is 1050 g/mol. The molecule has 428 valence electrons. The molecule has 12 heteroatoms. The lowest BCUT2D eigenvalue weighted by molar-refractivity contribution is -0.301. The standard InChI is InChI=1S/C63H104O12/c1-4-7-10-13-16-19-22-25-27-28-30-33-36-39-42-45-48-51-57(66)74-61-59(68)58(67)60(62(69)70)75-63(61)72-53-54(73-56(65)50-47-44-41-38-35-31-24-21-18-15-12-9-6-3)52-71-55(64)49-46-43-40-37-34-32-29-26-23-20-17-14-11-8-5-2/h8-9,11-12,17-18,20-21,26,29,31,34-35,37,54,58-61,63,67-68H,4-7,10,13-16,19,22-25,27-28,30,32-33,36,38-53H2,1-3H3,(H,69,70)/b11-8-,12-9-,20-17-,21-18-,29-26-,35-31-,37-34-. The van der Waals surface area contributed by atoms with E-state index in [4.69, 9.17) is 23.7 Å². The molecule has 0 saturated carbocycles. The Bertz CT molecular complexity index is 1630. The van der Waals surface area contributed by atoms with E-state index in [2.05, 4.69) is 106 Å². The molecule has 0 spiro atoms. The van der Waals surface area contributed by atoms with Crippen LogP contribution in [0.25, 0.3) is 0 Å². The normalized spacial score (nSPS) is 18.8. The van der Waals surface area contributed by atoms with Crippen molar-refractivity contribution in [1.82, 2.24) is 0 Å². The van der Waals surface area contributed by atoms with Gasteiger partial charge in [0, 0.05) is 19.3 Å². The van der Waals surface area contributed by atoms with Crippen LogP contribution in [0.15, 0.2) is 85.1 Å². The van der Waals surface area contributed by atoms with Crippen molar-refractivity contribution in [3.63, 3.8) is 0 Å². The number of allylic oxidation sites excluding steroid dienone is 14. The number of carboxylic acids is 1. The molecule has 12 nitrogen and oxygen atoms in total. The van der Waals surface area contributed by atoms with E-state index in [1.807, 2.05) is 0 Å². The molecule has 6 atom stereocenters. The third kappa shape index (κ3) is 40.8. The second-order valence-corrected chi connectivity index (χ2v) is 19.9. The van der Waals surface area contributed by atoms with E-state index in [1.54, 1.807) is 0 Å². The molecule has 1 rings (SSSR count). The van der Waals surface area contributed by atoms with Crippen LogP contribution in [0.4, 0.5) is 0 Å². The van der Waals surface area contributed by atoms with Crippen molar-refractivity contribution in [1.29, 1.82) is 0 Å². The van der Waals surface area contributed by atoms with Gasteiger partial charge in [0.2, 0.25) is 0 Å². The van der Waals surface area contributed by atoms with Crippen molar-refractivity contribution < 1.29 is 58.2 Å². The van der Waals surface area contributed by atoms with Crippen LogP contribution >= 0.6 is 0 Å². The van der Waals surface area contributed by atoms with E-state index in [0.29, 0.717) is 19.3 Å². The molecule has 0 aliphatic carbocycles. The Morgan fingerprint density at radius 2 is 0.840 bits per heavy atom. The maximum atomic E-state index is 13.1. The summed E-state index contributed by atoms with van der Waals surface area (Å²) in [4.78, 5) is 51.1. The van der Waals surface area contributed by atoms with Crippen molar-refractivity contribution in [2.75, 3.05) is 13.2 Å². The van der Waals surface area contributed by atoms with Gasteiger partial charge >= 0.3 is 23.9 Å². The second kappa shape index (κ2) is 50.7. The number of hydrogen-bond acceptors (Lipinski definition) is 11. The zero-order chi connectivity index (χ0) is 54.7. The number of ether oxygens (including phenoxy) is 5. The van der Waals surface area contributed by atoms with Crippen LogP contribution in [0.2, 0.25) is 0 Å². The minimum absolute atomic E-state index is 0.0530. The minimum atomic E-state index is -1.91. The van der Waals surface area contributed by atoms with Crippen molar-refractivity contribution in [2.45, 2.75) is 276 Å². The summed E-state index contributed by atoms with van der Waals surface area (Å²) >= 11 is 0. The lowest BCUT2D eigenvalue weighted by Crippen LogP contribution is -2.61. The maximum Gasteiger partial charge on any atom is 0.335 e. The minimum Gasteiger partial charge on any atom is -0.479 e. The lowest BCUT2D eigenvalue weighted by atomic mass is 9.98. The summed E-state index contributed by atoms with van der Waals surface area (Å²) in [5.74, 6) is -3.21. The highest BCUT2D eigenvalue weighted by Crippen LogP contribution is 2.26. The summed E-state index contributed by atoms with van der Waals surface area (Å²) in [6.45, 7) is 5.71. The number of aliphatic carboxylic acids is 1. The first-order valence-electron chi connectivity index (χ1n) is 29.6. The first kappa shape index (κ1) is 68.9. The van der Waals surface area contributed by atoms with Crippen molar-refractivity contribution in [2.24, 2.45) is 0 Å². The van der Waals surface area contributed by atoms with Crippen molar-refractivity contribution in [3.8, 4) is 0 Å². The third-order valence-corrected chi connectivity index (χ3v) is 13.0. The summed E-state index contributed by atoms with van der Waals surface area (Å²) in [6.07, 6.45) is 52.8. The molecule has 0 bridgehead atoms. The number of rotatable bonds is 49. The van der Waals surface area contributed by atoms with Gasteiger partial charge in [-0.25, -0.2) is 4.79 Å². The number of hydrogen-bond donors (Lipinski definition) is 3. The van der Waals surface area contributed by atoms with Gasteiger partial charge < -0.3 is 39.0 Å². The van der Waals surface area contributed by atoms with E-state index in [-0.39, 0.29) is 25.9 Å². The van der Waals surface area contributed by atoms with E-state index in [9.17, 15) is 34.5 Å². The highest BCUT2D eigenvalue weighted by atomic mass is 16.7. The van der Waals surface area contributed by atoms with Gasteiger partial charge in [-0.15, -0.1) is 0 Å². The molecule has 0 radical (unpaired) electrons. The summed E-state index contributed by atoms with van der Waals surface area (Å²) < 4.78 is 28.3. The van der Waals surface area contributed by atoms with E-state index < -0.39 is 67.3 Å². The SMILES string of the molecule is CC/C=C\C/C=C\C/C=C\C/C=C\CCCCC(=O)OCC(COC1OC(C(=O)O)C(O)C(O)C1OC(=O)CCCCCCCCCCCCCCCCCCC)OC(=O)CCCCC/C=C\C/C=C\C/C=C\CC. The Morgan fingerprint density at radius 3 is 1.31 bits per heavy atom. The maximum absolute atomic E-state index is 13.1.